The third-order valence-corrected chi connectivity index (χ3v) is 8.53. The lowest BCUT2D eigenvalue weighted by atomic mass is 10.1. The molecular weight excluding hydrogens is 598 g/mol. The van der Waals surface area contributed by atoms with Gasteiger partial charge in [0.2, 0.25) is 11.8 Å². The van der Waals surface area contributed by atoms with Crippen molar-refractivity contribution in [2.24, 2.45) is 0 Å². The van der Waals surface area contributed by atoms with Crippen molar-refractivity contribution in [2.45, 2.75) is 50.9 Å². The molecule has 3 aromatic rings. The molecule has 2 amide bonds. The van der Waals surface area contributed by atoms with Crippen LogP contribution in [0, 0.1) is 12.7 Å². The summed E-state index contributed by atoms with van der Waals surface area (Å²) in [5, 5.41) is 2.03. The molecule has 0 aliphatic rings. The molecule has 0 saturated carbocycles. The van der Waals surface area contributed by atoms with Crippen LogP contribution >= 0.6 is 11.6 Å². The second kappa shape index (κ2) is 13.6. The molecule has 3 rings (SSSR count). The highest BCUT2D eigenvalue weighted by Crippen LogP contribution is 2.38. The van der Waals surface area contributed by atoms with Crippen LogP contribution in [0.25, 0.3) is 0 Å². The molecule has 3 aromatic carbocycles. The van der Waals surface area contributed by atoms with E-state index in [1.165, 1.54) is 55.5 Å². The number of halogens is 5. The van der Waals surface area contributed by atoms with Crippen LogP contribution in [-0.2, 0) is 32.3 Å². The Hall–Kier alpha value is -3.64. The molecule has 0 aliphatic heterocycles. The summed E-state index contributed by atoms with van der Waals surface area (Å²) < 4.78 is 82.8. The molecule has 0 radical (unpaired) electrons. The first-order valence-electron chi connectivity index (χ1n) is 12.9. The highest BCUT2D eigenvalue weighted by Gasteiger charge is 2.37. The maximum absolute atomic E-state index is 13.8. The molecule has 0 saturated heterocycles. The topological polar surface area (TPSA) is 86.8 Å². The van der Waals surface area contributed by atoms with E-state index in [-0.39, 0.29) is 11.4 Å². The maximum atomic E-state index is 13.8. The smallest absolute Gasteiger partial charge is 0.354 e. The Morgan fingerprint density at radius 3 is 2.19 bits per heavy atom. The summed E-state index contributed by atoms with van der Waals surface area (Å²) in [6.07, 6.45) is -4.29. The van der Waals surface area contributed by atoms with Gasteiger partial charge in [0.05, 0.1) is 21.2 Å². The summed E-state index contributed by atoms with van der Waals surface area (Å²) in [6, 6.07) is 12.1. The zero-order valence-electron chi connectivity index (χ0n) is 23.1. The van der Waals surface area contributed by atoms with Crippen LogP contribution in [0.3, 0.4) is 0 Å². The number of sulfonamides is 1. The Bertz CT molecular complexity index is 1520. The van der Waals surface area contributed by atoms with Gasteiger partial charge in [0.25, 0.3) is 10.0 Å². The second-order valence-corrected chi connectivity index (χ2v) is 11.9. The van der Waals surface area contributed by atoms with Gasteiger partial charge in [-0.1, -0.05) is 48.4 Å². The van der Waals surface area contributed by atoms with E-state index < -0.39 is 62.7 Å². The zero-order chi connectivity index (χ0) is 31.2. The number of anilines is 1. The van der Waals surface area contributed by atoms with Crippen LogP contribution in [0.2, 0.25) is 5.02 Å². The first-order valence-corrected chi connectivity index (χ1v) is 14.7. The van der Waals surface area contributed by atoms with E-state index in [1.807, 2.05) is 6.92 Å². The Balaban J connectivity index is 2.11. The fourth-order valence-electron chi connectivity index (χ4n) is 4.02. The van der Waals surface area contributed by atoms with Gasteiger partial charge in [-0.05, 0) is 68.3 Å². The molecule has 7 nitrogen and oxygen atoms in total. The van der Waals surface area contributed by atoms with Crippen molar-refractivity contribution in [1.29, 1.82) is 0 Å². The van der Waals surface area contributed by atoms with E-state index in [0.717, 1.165) is 22.6 Å². The third kappa shape index (κ3) is 8.01. The largest absolute Gasteiger partial charge is 0.417 e. The van der Waals surface area contributed by atoms with Gasteiger partial charge in [0, 0.05) is 13.1 Å². The summed E-state index contributed by atoms with van der Waals surface area (Å²) in [5.74, 6) is -1.92. The molecule has 0 fully saturated rings. The number of hydrogen-bond acceptors (Lipinski definition) is 4. The van der Waals surface area contributed by atoms with Crippen molar-refractivity contribution in [3.8, 4) is 0 Å². The Labute approximate surface area is 247 Å². The standard InChI is InChI=1S/C29H30ClF4N3O4S/c1-4-15-35-28(39)20(3)36(17-21-7-9-22(31)10-8-21)27(38)18-37(42(40,41)24-12-5-19(2)6-13-24)23-11-14-26(30)25(16-23)29(32,33)34/h5-14,16,20H,4,15,17-18H2,1-3H3,(H,35,39). The minimum atomic E-state index is -4.91. The number of nitrogens with one attached hydrogen (secondary N) is 1. The third-order valence-electron chi connectivity index (χ3n) is 6.41. The molecule has 1 unspecified atom stereocenters. The highest BCUT2D eigenvalue weighted by molar-refractivity contribution is 7.92. The predicted molar refractivity (Wildman–Crippen MR) is 152 cm³/mol. The van der Waals surface area contributed by atoms with Crippen LogP contribution in [-0.4, -0.2) is 44.3 Å². The maximum Gasteiger partial charge on any atom is 0.417 e. The van der Waals surface area contributed by atoms with Crippen molar-refractivity contribution in [2.75, 3.05) is 17.4 Å². The fourth-order valence-corrected chi connectivity index (χ4v) is 5.65. The van der Waals surface area contributed by atoms with Gasteiger partial charge in [0.1, 0.15) is 18.4 Å². The minimum Gasteiger partial charge on any atom is -0.354 e. The quantitative estimate of drug-likeness (QED) is 0.267. The van der Waals surface area contributed by atoms with Crippen LogP contribution in [0.15, 0.2) is 71.6 Å². The van der Waals surface area contributed by atoms with Gasteiger partial charge in [-0.25, -0.2) is 12.8 Å². The van der Waals surface area contributed by atoms with Gasteiger partial charge in [-0.2, -0.15) is 13.2 Å². The molecule has 0 aromatic heterocycles. The summed E-state index contributed by atoms with van der Waals surface area (Å²) in [6.45, 7) is 4.18. The van der Waals surface area contributed by atoms with E-state index in [2.05, 4.69) is 5.32 Å². The molecule has 0 aliphatic carbocycles. The summed E-state index contributed by atoms with van der Waals surface area (Å²) in [4.78, 5) is 27.5. The number of alkyl halides is 3. The summed E-state index contributed by atoms with van der Waals surface area (Å²) in [7, 11) is -4.59. The number of carbonyl (C=O) groups excluding carboxylic acids is 2. The molecule has 1 N–H and O–H groups in total. The number of hydrogen-bond donors (Lipinski definition) is 1. The van der Waals surface area contributed by atoms with E-state index in [9.17, 15) is 35.6 Å². The normalized spacial score (nSPS) is 12.5. The number of carbonyl (C=O) groups is 2. The van der Waals surface area contributed by atoms with Gasteiger partial charge in [0.15, 0.2) is 0 Å². The lowest BCUT2D eigenvalue weighted by Gasteiger charge is -2.32. The van der Waals surface area contributed by atoms with Crippen LogP contribution in [0.1, 0.15) is 37.0 Å². The van der Waals surface area contributed by atoms with E-state index >= 15 is 0 Å². The minimum absolute atomic E-state index is 0.202. The van der Waals surface area contributed by atoms with Crippen LogP contribution < -0.4 is 9.62 Å². The highest BCUT2D eigenvalue weighted by atomic mass is 35.5. The molecule has 1 atom stereocenters. The predicted octanol–water partition coefficient (Wildman–Crippen LogP) is 5.95. The first kappa shape index (κ1) is 32.9. The van der Waals surface area contributed by atoms with Gasteiger partial charge in [-0.15, -0.1) is 0 Å². The number of amides is 2. The monoisotopic (exact) mass is 627 g/mol. The van der Waals surface area contributed by atoms with E-state index in [1.54, 1.807) is 6.92 Å². The molecular formula is C29H30ClF4N3O4S. The Morgan fingerprint density at radius 1 is 1.00 bits per heavy atom. The molecule has 0 bridgehead atoms. The van der Waals surface area contributed by atoms with Gasteiger partial charge < -0.3 is 10.2 Å². The van der Waals surface area contributed by atoms with E-state index in [4.69, 9.17) is 11.6 Å². The number of benzene rings is 3. The van der Waals surface area contributed by atoms with Crippen molar-refractivity contribution in [3.63, 3.8) is 0 Å². The fraction of sp³-hybridized carbons (Fsp3) is 0.310. The summed E-state index contributed by atoms with van der Waals surface area (Å²) in [5.41, 5.74) is -0.558. The zero-order valence-corrected chi connectivity index (χ0v) is 24.7. The lowest BCUT2D eigenvalue weighted by Crippen LogP contribution is -2.51. The van der Waals surface area contributed by atoms with Gasteiger partial charge >= 0.3 is 6.18 Å². The average molecular weight is 628 g/mol. The molecule has 0 heterocycles. The molecule has 226 valence electrons. The average Bonchev–Trinajstić information content (AvgIpc) is 2.93. The van der Waals surface area contributed by atoms with Crippen LogP contribution in [0.4, 0.5) is 23.2 Å². The molecule has 42 heavy (non-hydrogen) atoms. The Kier molecular flexibility index (Phi) is 10.6. The molecule has 0 spiro atoms. The van der Waals surface area contributed by atoms with Crippen molar-refractivity contribution < 1.29 is 35.6 Å². The van der Waals surface area contributed by atoms with E-state index in [0.29, 0.717) is 28.9 Å². The van der Waals surface area contributed by atoms with Gasteiger partial charge in [-0.3, -0.25) is 13.9 Å². The second-order valence-electron chi connectivity index (χ2n) is 9.60. The van der Waals surface area contributed by atoms with Crippen LogP contribution in [0.5, 0.6) is 0 Å². The number of rotatable bonds is 11. The number of aryl methyl sites for hydroxylation is 1. The van der Waals surface area contributed by atoms with Crippen molar-refractivity contribution in [3.05, 3.63) is 94.3 Å². The lowest BCUT2D eigenvalue weighted by molar-refractivity contribution is -0.139. The van der Waals surface area contributed by atoms with Crippen molar-refractivity contribution >= 4 is 39.1 Å². The summed E-state index contributed by atoms with van der Waals surface area (Å²) >= 11 is 5.78. The van der Waals surface area contributed by atoms with Crippen molar-refractivity contribution in [1.82, 2.24) is 10.2 Å². The Morgan fingerprint density at radius 2 is 1.62 bits per heavy atom. The SMILES string of the molecule is CCCNC(=O)C(C)N(Cc1ccc(F)cc1)C(=O)CN(c1ccc(Cl)c(C(F)(F)F)c1)S(=O)(=O)c1ccc(C)cc1. The molecule has 13 heteroatoms. The first-order chi connectivity index (χ1) is 19.6. The number of nitrogens with zero attached hydrogens (tertiary/aromatic N) is 2.